The number of nitrogens with one attached hydrogen (secondary N) is 1. The van der Waals surface area contributed by atoms with Gasteiger partial charge in [-0.05, 0) is 30.4 Å². The van der Waals surface area contributed by atoms with Gasteiger partial charge >= 0.3 is 5.97 Å². The average Bonchev–Trinajstić information content (AvgIpc) is 2.38. The van der Waals surface area contributed by atoms with Gasteiger partial charge in [-0.15, -0.1) is 0 Å². The molecule has 0 aliphatic heterocycles. The monoisotopic (exact) mass is 283 g/mol. The summed E-state index contributed by atoms with van der Waals surface area (Å²) in [5.74, 6) is -2.22. The number of carbonyl (C=O) groups is 1. The lowest BCUT2D eigenvalue weighted by molar-refractivity contribution is 0.0696. The van der Waals surface area contributed by atoms with Crippen molar-refractivity contribution in [1.82, 2.24) is 0 Å². The summed E-state index contributed by atoms with van der Waals surface area (Å²) in [6, 6.07) is 1.72. The number of anilines is 1. The molecule has 1 aliphatic carbocycles. The molecule has 1 aliphatic rings. The van der Waals surface area contributed by atoms with Crippen molar-refractivity contribution in [3.8, 4) is 0 Å². The van der Waals surface area contributed by atoms with Gasteiger partial charge in [-0.25, -0.2) is 13.6 Å². The first-order valence-corrected chi connectivity index (χ1v) is 6.89. The van der Waals surface area contributed by atoms with Gasteiger partial charge in [0.15, 0.2) is 0 Å². The van der Waals surface area contributed by atoms with E-state index in [-0.39, 0.29) is 17.3 Å². The Morgan fingerprint density at radius 3 is 2.40 bits per heavy atom. The smallest absolute Gasteiger partial charge is 0.335 e. The SMILES string of the molecule is CC1CCCC(Nc2c(F)cc(C(=O)O)cc2F)C1C. The molecular weight excluding hydrogens is 264 g/mol. The van der Waals surface area contributed by atoms with Crippen LogP contribution in [0, 0.1) is 23.5 Å². The highest BCUT2D eigenvalue weighted by atomic mass is 19.1. The van der Waals surface area contributed by atoms with Crippen LogP contribution in [0.15, 0.2) is 12.1 Å². The first-order valence-electron chi connectivity index (χ1n) is 6.89. The van der Waals surface area contributed by atoms with Crippen LogP contribution in [-0.4, -0.2) is 17.1 Å². The highest BCUT2D eigenvalue weighted by molar-refractivity contribution is 5.88. The van der Waals surface area contributed by atoms with E-state index in [2.05, 4.69) is 19.2 Å². The highest BCUT2D eigenvalue weighted by Crippen LogP contribution is 2.33. The van der Waals surface area contributed by atoms with Gasteiger partial charge in [0.2, 0.25) is 0 Å². The molecule has 1 aromatic rings. The molecule has 3 nitrogen and oxygen atoms in total. The Morgan fingerprint density at radius 2 is 1.85 bits per heavy atom. The quantitative estimate of drug-likeness (QED) is 0.884. The summed E-state index contributed by atoms with van der Waals surface area (Å²) in [7, 11) is 0. The molecule has 5 heteroatoms. The van der Waals surface area contributed by atoms with Crippen LogP contribution in [0.2, 0.25) is 0 Å². The normalized spacial score (nSPS) is 26.3. The maximum atomic E-state index is 13.9. The summed E-state index contributed by atoms with van der Waals surface area (Å²) < 4.78 is 27.8. The molecule has 2 N–H and O–H groups in total. The molecule has 3 unspecified atom stereocenters. The van der Waals surface area contributed by atoms with Crippen LogP contribution in [0.1, 0.15) is 43.5 Å². The third kappa shape index (κ3) is 2.92. The van der Waals surface area contributed by atoms with E-state index in [1.165, 1.54) is 0 Å². The van der Waals surface area contributed by atoms with Gasteiger partial charge in [0.1, 0.15) is 17.3 Å². The van der Waals surface area contributed by atoms with Crippen molar-refractivity contribution < 1.29 is 18.7 Å². The first kappa shape index (κ1) is 14.8. The Kier molecular flexibility index (Phi) is 4.26. The maximum absolute atomic E-state index is 13.9. The van der Waals surface area contributed by atoms with Gasteiger partial charge in [0, 0.05) is 6.04 Å². The second kappa shape index (κ2) is 5.77. The van der Waals surface area contributed by atoms with Gasteiger partial charge < -0.3 is 10.4 Å². The first-order chi connectivity index (χ1) is 9.40. The van der Waals surface area contributed by atoms with E-state index in [1.807, 2.05) is 0 Å². The Labute approximate surface area is 117 Å². The number of aromatic carboxylic acids is 1. The molecule has 20 heavy (non-hydrogen) atoms. The third-order valence-corrected chi connectivity index (χ3v) is 4.33. The number of benzene rings is 1. The fourth-order valence-electron chi connectivity index (χ4n) is 2.81. The largest absolute Gasteiger partial charge is 0.478 e. The molecule has 0 amide bonds. The van der Waals surface area contributed by atoms with Crippen LogP contribution in [0.4, 0.5) is 14.5 Å². The Morgan fingerprint density at radius 1 is 1.25 bits per heavy atom. The van der Waals surface area contributed by atoms with E-state index in [1.54, 1.807) is 0 Å². The van der Waals surface area contributed by atoms with Crippen LogP contribution in [-0.2, 0) is 0 Å². The fourth-order valence-corrected chi connectivity index (χ4v) is 2.81. The molecule has 2 rings (SSSR count). The number of carboxylic acid groups (broad SMARTS) is 1. The molecule has 110 valence electrons. The zero-order valence-electron chi connectivity index (χ0n) is 11.6. The van der Waals surface area contributed by atoms with Gasteiger partial charge in [0.05, 0.1) is 5.56 Å². The number of halogens is 2. The Bertz CT molecular complexity index is 496. The molecule has 0 spiro atoms. The summed E-state index contributed by atoms with van der Waals surface area (Å²) in [4.78, 5) is 10.7. The maximum Gasteiger partial charge on any atom is 0.335 e. The molecule has 0 saturated heterocycles. The van der Waals surface area contributed by atoms with Crippen molar-refractivity contribution in [3.05, 3.63) is 29.3 Å². The predicted molar refractivity (Wildman–Crippen MR) is 72.9 cm³/mol. The van der Waals surface area contributed by atoms with Gasteiger partial charge in [-0.1, -0.05) is 26.7 Å². The van der Waals surface area contributed by atoms with Crippen LogP contribution in [0.5, 0.6) is 0 Å². The van der Waals surface area contributed by atoms with E-state index >= 15 is 0 Å². The lowest BCUT2D eigenvalue weighted by Crippen LogP contribution is -2.35. The lowest BCUT2D eigenvalue weighted by Gasteiger charge is -2.35. The van der Waals surface area contributed by atoms with E-state index in [9.17, 15) is 13.6 Å². The van der Waals surface area contributed by atoms with Crippen LogP contribution >= 0.6 is 0 Å². The van der Waals surface area contributed by atoms with E-state index in [0.29, 0.717) is 11.8 Å². The lowest BCUT2D eigenvalue weighted by atomic mass is 9.78. The van der Waals surface area contributed by atoms with Crippen LogP contribution in [0.25, 0.3) is 0 Å². The third-order valence-electron chi connectivity index (χ3n) is 4.33. The predicted octanol–water partition coefficient (Wildman–Crippen LogP) is 3.90. The second-order valence-electron chi connectivity index (χ2n) is 5.64. The summed E-state index contributed by atoms with van der Waals surface area (Å²) in [6.07, 6.45) is 3.02. The van der Waals surface area contributed by atoms with Gasteiger partial charge in [0.25, 0.3) is 0 Å². The zero-order valence-corrected chi connectivity index (χ0v) is 11.6. The molecule has 1 fully saturated rings. The zero-order chi connectivity index (χ0) is 14.9. The van der Waals surface area contributed by atoms with E-state index in [4.69, 9.17) is 5.11 Å². The molecule has 3 atom stereocenters. The Balaban J connectivity index is 2.23. The summed E-state index contributed by atoms with van der Waals surface area (Å²) in [5, 5.41) is 11.7. The summed E-state index contributed by atoms with van der Waals surface area (Å²) in [6.45, 7) is 4.21. The molecule has 0 aromatic heterocycles. The van der Waals surface area contributed by atoms with Crippen LogP contribution < -0.4 is 5.32 Å². The van der Waals surface area contributed by atoms with Gasteiger partial charge in [-0.3, -0.25) is 0 Å². The standard InChI is InChI=1S/C15H19F2NO2/c1-8-4-3-5-13(9(8)2)18-14-11(16)6-10(15(19)20)7-12(14)17/h6-9,13,18H,3-5H2,1-2H3,(H,19,20). The van der Waals surface area contributed by atoms with Crippen molar-refractivity contribution in [1.29, 1.82) is 0 Å². The van der Waals surface area contributed by atoms with Crippen LogP contribution in [0.3, 0.4) is 0 Å². The topological polar surface area (TPSA) is 49.3 Å². The highest BCUT2D eigenvalue weighted by Gasteiger charge is 2.28. The molecule has 0 radical (unpaired) electrons. The van der Waals surface area contributed by atoms with Crippen molar-refractivity contribution in [2.75, 3.05) is 5.32 Å². The molecular formula is C15H19F2NO2. The minimum Gasteiger partial charge on any atom is -0.478 e. The molecule has 1 aromatic carbocycles. The summed E-state index contributed by atoms with van der Waals surface area (Å²) in [5.41, 5.74) is -0.600. The van der Waals surface area contributed by atoms with Gasteiger partial charge in [-0.2, -0.15) is 0 Å². The molecule has 0 bridgehead atoms. The Hall–Kier alpha value is -1.65. The molecule has 0 heterocycles. The number of hydrogen-bond donors (Lipinski definition) is 2. The fraction of sp³-hybridized carbons (Fsp3) is 0.533. The van der Waals surface area contributed by atoms with Crippen molar-refractivity contribution in [3.63, 3.8) is 0 Å². The number of hydrogen-bond acceptors (Lipinski definition) is 2. The van der Waals surface area contributed by atoms with E-state index < -0.39 is 17.6 Å². The minimum atomic E-state index is -1.34. The minimum absolute atomic E-state index is 0.0124. The molecule has 1 saturated carbocycles. The van der Waals surface area contributed by atoms with E-state index in [0.717, 1.165) is 31.4 Å². The van der Waals surface area contributed by atoms with Crippen molar-refractivity contribution in [2.45, 2.75) is 39.2 Å². The number of carboxylic acids is 1. The van der Waals surface area contributed by atoms with Crippen molar-refractivity contribution >= 4 is 11.7 Å². The number of rotatable bonds is 3. The van der Waals surface area contributed by atoms with Crippen molar-refractivity contribution in [2.24, 2.45) is 11.8 Å². The average molecular weight is 283 g/mol. The second-order valence-corrected chi connectivity index (χ2v) is 5.64. The summed E-state index contributed by atoms with van der Waals surface area (Å²) >= 11 is 0.